The number of hydrogen-bond donors (Lipinski definition) is 2. The first kappa shape index (κ1) is 18.7. The molecule has 6 nitrogen and oxygen atoms in total. The number of aryl methyl sites for hydroxylation is 2. The summed E-state index contributed by atoms with van der Waals surface area (Å²) in [6.45, 7) is 3.92. The van der Waals surface area contributed by atoms with Crippen LogP contribution in [0.15, 0.2) is 54.2 Å². The van der Waals surface area contributed by atoms with Gasteiger partial charge in [-0.05, 0) is 37.6 Å². The lowest BCUT2D eigenvalue weighted by Gasteiger charge is -2.10. The third-order valence-corrected chi connectivity index (χ3v) is 3.70. The van der Waals surface area contributed by atoms with Crippen LogP contribution in [0.3, 0.4) is 0 Å². The van der Waals surface area contributed by atoms with Gasteiger partial charge in [-0.1, -0.05) is 29.8 Å². The maximum Gasteiger partial charge on any atom is 0.339 e. The minimum atomic E-state index is -0.624. The fraction of sp³-hybridized carbons (Fsp3) is 0.150. The highest BCUT2D eigenvalue weighted by Gasteiger charge is 2.15. The minimum absolute atomic E-state index is 0.121. The van der Waals surface area contributed by atoms with E-state index in [0.29, 0.717) is 0 Å². The number of hydrogen-bond acceptors (Lipinski definition) is 5. The first-order chi connectivity index (χ1) is 12.5. The van der Waals surface area contributed by atoms with Crippen LogP contribution in [0.1, 0.15) is 21.5 Å². The molecule has 0 atom stereocenters. The van der Waals surface area contributed by atoms with Crippen LogP contribution in [0.5, 0.6) is 0 Å². The number of nitriles is 1. The summed E-state index contributed by atoms with van der Waals surface area (Å²) in [5.41, 5.74) is 3.28. The third kappa shape index (κ3) is 4.48. The number of para-hydroxylation sites is 1. The van der Waals surface area contributed by atoms with Gasteiger partial charge in [-0.25, -0.2) is 4.79 Å². The van der Waals surface area contributed by atoms with Gasteiger partial charge in [0, 0.05) is 11.9 Å². The third-order valence-electron chi connectivity index (χ3n) is 3.70. The first-order valence-electron chi connectivity index (χ1n) is 7.89. The van der Waals surface area contributed by atoms with Crippen LogP contribution in [-0.2, 0) is 9.53 Å². The van der Waals surface area contributed by atoms with Gasteiger partial charge in [0.15, 0.2) is 0 Å². The van der Waals surface area contributed by atoms with E-state index in [2.05, 4.69) is 10.6 Å². The molecule has 2 aromatic rings. The molecule has 2 aromatic carbocycles. The lowest BCUT2D eigenvalue weighted by molar-refractivity contribution is -0.112. The fourth-order valence-corrected chi connectivity index (χ4v) is 2.34. The standard InChI is InChI=1S/C20H19N3O3/c1-13-8-9-17(14(2)10-13)22-12-15(11-21)19(24)23-18-7-5-4-6-16(18)20(25)26-3/h4-10,12,22H,1-3H3,(H,23,24)/b15-12-. The molecule has 0 bridgehead atoms. The summed E-state index contributed by atoms with van der Waals surface area (Å²) >= 11 is 0. The molecule has 2 rings (SSSR count). The molecule has 0 saturated heterocycles. The maximum atomic E-state index is 12.4. The van der Waals surface area contributed by atoms with Gasteiger partial charge in [-0.2, -0.15) is 5.26 Å². The van der Waals surface area contributed by atoms with E-state index >= 15 is 0 Å². The summed E-state index contributed by atoms with van der Waals surface area (Å²) in [6.07, 6.45) is 1.34. The summed E-state index contributed by atoms with van der Waals surface area (Å²) in [6, 6.07) is 14.1. The van der Waals surface area contributed by atoms with E-state index in [1.54, 1.807) is 18.2 Å². The second-order valence-corrected chi connectivity index (χ2v) is 5.62. The number of esters is 1. The van der Waals surface area contributed by atoms with Crippen molar-refractivity contribution in [3.8, 4) is 6.07 Å². The van der Waals surface area contributed by atoms with Crippen LogP contribution in [0.25, 0.3) is 0 Å². The van der Waals surface area contributed by atoms with Crippen molar-refractivity contribution in [2.45, 2.75) is 13.8 Å². The molecule has 0 aliphatic heterocycles. The Bertz CT molecular complexity index is 911. The van der Waals surface area contributed by atoms with Crippen LogP contribution in [0, 0.1) is 25.2 Å². The number of anilines is 2. The van der Waals surface area contributed by atoms with Crippen LogP contribution < -0.4 is 10.6 Å². The number of amides is 1. The normalized spacial score (nSPS) is 10.6. The minimum Gasteiger partial charge on any atom is -0.465 e. The van der Waals surface area contributed by atoms with Crippen molar-refractivity contribution < 1.29 is 14.3 Å². The highest BCUT2D eigenvalue weighted by Crippen LogP contribution is 2.18. The van der Waals surface area contributed by atoms with Crippen molar-refractivity contribution in [2.24, 2.45) is 0 Å². The SMILES string of the molecule is COC(=O)c1ccccc1NC(=O)/C(C#N)=C\Nc1ccc(C)cc1C. The quantitative estimate of drug-likeness (QED) is 0.489. The molecule has 2 N–H and O–H groups in total. The second-order valence-electron chi connectivity index (χ2n) is 5.62. The summed E-state index contributed by atoms with van der Waals surface area (Å²) < 4.78 is 4.69. The second kappa shape index (κ2) is 8.49. The molecular formula is C20H19N3O3. The van der Waals surface area contributed by atoms with E-state index in [9.17, 15) is 14.9 Å². The molecule has 6 heteroatoms. The smallest absolute Gasteiger partial charge is 0.339 e. The lowest BCUT2D eigenvalue weighted by atomic mass is 10.1. The van der Waals surface area contributed by atoms with Crippen molar-refractivity contribution in [3.05, 3.63) is 70.9 Å². The van der Waals surface area contributed by atoms with Gasteiger partial charge >= 0.3 is 5.97 Å². The number of ether oxygens (including phenoxy) is 1. The summed E-state index contributed by atoms with van der Waals surface area (Å²) in [5.74, 6) is -1.20. The maximum absolute atomic E-state index is 12.4. The molecule has 0 spiro atoms. The molecule has 0 heterocycles. The highest BCUT2D eigenvalue weighted by atomic mass is 16.5. The van der Waals surface area contributed by atoms with Crippen LogP contribution in [-0.4, -0.2) is 19.0 Å². The van der Waals surface area contributed by atoms with Crippen LogP contribution in [0.2, 0.25) is 0 Å². The molecule has 0 unspecified atom stereocenters. The van der Waals surface area contributed by atoms with Crippen LogP contribution >= 0.6 is 0 Å². The number of nitrogens with zero attached hydrogens (tertiary/aromatic N) is 1. The number of carbonyl (C=O) groups is 2. The van der Waals surface area contributed by atoms with Gasteiger partial charge in [0.25, 0.3) is 5.91 Å². The predicted molar refractivity (Wildman–Crippen MR) is 99.6 cm³/mol. The Hall–Kier alpha value is -3.59. The van der Waals surface area contributed by atoms with Crippen LogP contribution in [0.4, 0.5) is 11.4 Å². The van der Waals surface area contributed by atoms with E-state index in [0.717, 1.165) is 16.8 Å². The number of nitrogens with one attached hydrogen (secondary N) is 2. The number of rotatable bonds is 5. The van der Waals surface area contributed by atoms with E-state index in [4.69, 9.17) is 4.74 Å². The van der Waals surface area contributed by atoms with Gasteiger partial charge in [0.05, 0.1) is 18.4 Å². The Morgan fingerprint density at radius 2 is 1.85 bits per heavy atom. The molecule has 132 valence electrons. The molecule has 0 radical (unpaired) electrons. The largest absolute Gasteiger partial charge is 0.465 e. The van der Waals surface area contributed by atoms with Crippen molar-refractivity contribution in [3.63, 3.8) is 0 Å². The number of carbonyl (C=O) groups excluding carboxylic acids is 2. The van der Waals surface area contributed by atoms with Crippen molar-refractivity contribution in [1.29, 1.82) is 5.26 Å². The highest BCUT2D eigenvalue weighted by molar-refractivity contribution is 6.09. The van der Waals surface area contributed by atoms with E-state index in [-0.39, 0.29) is 16.8 Å². The Balaban J connectivity index is 2.19. The lowest BCUT2D eigenvalue weighted by Crippen LogP contribution is -2.17. The molecule has 26 heavy (non-hydrogen) atoms. The van der Waals surface area contributed by atoms with Crippen molar-refractivity contribution >= 4 is 23.3 Å². The van der Waals surface area contributed by atoms with E-state index in [1.807, 2.05) is 38.1 Å². The molecule has 0 aliphatic carbocycles. The predicted octanol–water partition coefficient (Wildman–Crippen LogP) is 3.55. The molecular weight excluding hydrogens is 330 g/mol. The number of benzene rings is 2. The summed E-state index contributed by atoms with van der Waals surface area (Å²) in [4.78, 5) is 24.1. The molecule has 0 fully saturated rings. The first-order valence-corrected chi connectivity index (χ1v) is 7.89. The van der Waals surface area contributed by atoms with Gasteiger partial charge in [0.2, 0.25) is 0 Å². The van der Waals surface area contributed by atoms with E-state index < -0.39 is 11.9 Å². The van der Waals surface area contributed by atoms with E-state index in [1.165, 1.54) is 19.4 Å². The average Bonchev–Trinajstić information content (AvgIpc) is 2.63. The van der Waals surface area contributed by atoms with Gasteiger partial charge in [-0.3, -0.25) is 4.79 Å². The Labute approximate surface area is 152 Å². The zero-order valence-corrected chi connectivity index (χ0v) is 14.8. The molecule has 1 amide bonds. The van der Waals surface area contributed by atoms with Gasteiger partial charge in [-0.15, -0.1) is 0 Å². The summed E-state index contributed by atoms with van der Waals surface area (Å²) in [7, 11) is 1.26. The average molecular weight is 349 g/mol. The van der Waals surface area contributed by atoms with Gasteiger partial charge in [0.1, 0.15) is 11.6 Å². The molecule has 0 saturated carbocycles. The molecule has 0 aliphatic rings. The fourth-order valence-electron chi connectivity index (χ4n) is 2.34. The Kier molecular flexibility index (Phi) is 6.12. The number of methoxy groups -OCH3 is 1. The zero-order chi connectivity index (χ0) is 19.1. The molecule has 0 aromatic heterocycles. The Morgan fingerprint density at radius 3 is 2.50 bits per heavy atom. The summed E-state index contributed by atoms with van der Waals surface area (Å²) in [5, 5.41) is 14.8. The van der Waals surface area contributed by atoms with Crippen molar-refractivity contribution in [2.75, 3.05) is 17.7 Å². The Morgan fingerprint density at radius 1 is 1.12 bits per heavy atom. The van der Waals surface area contributed by atoms with Gasteiger partial charge < -0.3 is 15.4 Å². The zero-order valence-electron chi connectivity index (χ0n) is 14.8. The monoisotopic (exact) mass is 349 g/mol. The van der Waals surface area contributed by atoms with Crippen molar-refractivity contribution in [1.82, 2.24) is 0 Å². The topological polar surface area (TPSA) is 91.2 Å².